The lowest BCUT2D eigenvalue weighted by Crippen LogP contribution is -2.40. The Labute approximate surface area is 226 Å². The van der Waals surface area contributed by atoms with E-state index in [-0.39, 0.29) is 34.9 Å². The Morgan fingerprint density at radius 2 is 1.61 bits per heavy atom. The van der Waals surface area contributed by atoms with Gasteiger partial charge in [0.15, 0.2) is 0 Å². The SMILES string of the molecule is CN(C)C(=O)C(=O)C1CN(C(=O)N(C)C)c2cc(Cl)c(C(=O)N3CCC(Cc4ccc(F)cc4)CC3)cc21. The van der Waals surface area contributed by atoms with Crippen LogP contribution in [0.5, 0.6) is 0 Å². The van der Waals surface area contributed by atoms with E-state index in [9.17, 15) is 23.6 Å². The molecule has 2 aliphatic rings. The average Bonchev–Trinajstić information content (AvgIpc) is 3.26. The normalized spacial score (nSPS) is 17.3. The Balaban J connectivity index is 1.55. The van der Waals surface area contributed by atoms with Crippen molar-refractivity contribution in [1.29, 1.82) is 0 Å². The van der Waals surface area contributed by atoms with Crippen LogP contribution in [0.2, 0.25) is 5.02 Å². The number of hydrogen-bond acceptors (Lipinski definition) is 4. The van der Waals surface area contributed by atoms with E-state index in [0.717, 1.165) is 24.8 Å². The number of ketones is 1. The number of likely N-dealkylation sites (N-methyl/N-ethyl adjacent to an activating group) is 1. The van der Waals surface area contributed by atoms with E-state index in [1.165, 1.54) is 40.9 Å². The van der Waals surface area contributed by atoms with Crippen LogP contribution in [0.3, 0.4) is 0 Å². The molecule has 38 heavy (non-hydrogen) atoms. The fraction of sp³-hybridized carbons (Fsp3) is 0.429. The zero-order valence-corrected chi connectivity index (χ0v) is 22.8. The number of benzene rings is 2. The third-order valence-electron chi connectivity index (χ3n) is 7.26. The average molecular weight is 543 g/mol. The highest BCUT2D eigenvalue weighted by atomic mass is 35.5. The minimum absolute atomic E-state index is 0.00644. The molecule has 4 amide bonds. The largest absolute Gasteiger partial charge is 0.342 e. The van der Waals surface area contributed by atoms with Gasteiger partial charge in [-0.1, -0.05) is 23.7 Å². The number of hydrogen-bond donors (Lipinski definition) is 0. The molecule has 2 aliphatic heterocycles. The van der Waals surface area contributed by atoms with Crippen molar-refractivity contribution in [2.24, 2.45) is 5.92 Å². The lowest BCUT2D eigenvalue weighted by Gasteiger charge is -2.32. The van der Waals surface area contributed by atoms with Crippen LogP contribution in [0, 0.1) is 11.7 Å². The molecule has 1 atom stereocenters. The summed E-state index contributed by atoms with van der Waals surface area (Å²) in [4.78, 5) is 57.7. The molecule has 0 aliphatic carbocycles. The van der Waals surface area contributed by atoms with Crippen LogP contribution in [0.15, 0.2) is 36.4 Å². The summed E-state index contributed by atoms with van der Waals surface area (Å²) < 4.78 is 13.2. The van der Waals surface area contributed by atoms with Gasteiger partial charge < -0.3 is 14.7 Å². The first kappa shape index (κ1) is 27.6. The van der Waals surface area contributed by atoms with Gasteiger partial charge in [0, 0.05) is 47.8 Å². The lowest BCUT2D eigenvalue weighted by atomic mass is 9.89. The number of piperidine rings is 1. The molecule has 202 valence electrons. The van der Waals surface area contributed by atoms with Crippen LogP contribution in [-0.2, 0) is 16.0 Å². The first-order valence-electron chi connectivity index (χ1n) is 12.6. The molecule has 0 saturated carbocycles. The van der Waals surface area contributed by atoms with E-state index in [0.29, 0.717) is 30.3 Å². The van der Waals surface area contributed by atoms with Gasteiger partial charge in [-0.25, -0.2) is 9.18 Å². The Bertz CT molecular complexity index is 1260. The molecule has 0 bridgehead atoms. The van der Waals surface area contributed by atoms with Crippen molar-refractivity contribution in [2.45, 2.75) is 25.2 Å². The van der Waals surface area contributed by atoms with Gasteiger partial charge in [-0.2, -0.15) is 0 Å². The number of amides is 4. The third-order valence-corrected chi connectivity index (χ3v) is 7.58. The fourth-order valence-corrected chi connectivity index (χ4v) is 5.35. The molecule has 4 rings (SSSR count). The maximum atomic E-state index is 13.5. The van der Waals surface area contributed by atoms with Gasteiger partial charge >= 0.3 is 6.03 Å². The predicted molar refractivity (Wildman–Crippen MR) is 143 cm³/mol. The number of Topliss-reactive ketones (excluding diaryl/α,β-unsaturated/α-hetero) is 1. The molecule has 2 aromatic carbocycles. The van der Waals surface area contributed by atoms with Crippen LogP contribution >= 0.6 is 11.6 Å². The van der Waals surface area contributed by atoms with E-state index in [1.807, 2.05) is 0 Å². The standard InChI is InChI=1S/C28H32ClFN4O4/c1-31(2)27(37)25(35)22-16-34(28(38)32(3)4)24-15-23(29)21(14-20(22)24)26(36)33-11-9-18(10-12-33)13-17-5-7-19(30)8-6-17/h5-8,14-15,18,22H,9-13,16H2,1-4H3. The Morgan fingerprint density at radius 3 is 2.18 bits per heavy atom. The van der Waals surface area contributed by atoms with E-state index >= 15 is 0 Å². The summed E-state index contributed by atoms with van der Waals surface area (Å²) in [5, 5.41) is 0.186. The number of carbonyl (C=O) groups excluding carboxylic acids is 4. The lowest BCUT2D eigenvalue weighted by molar-refractivity contribution is -0.143. The van der Waals surface area contributed by atoms with E-state index < -0.39 is 17.6 Å². The molecule has 8 nitrogen and oxygen atoms in total. The van der Waals surface area contributed by atoms with Crippen LogP contribution in [0.25, 0.3) is 0 Å². The second-order valence-electron chi connectivity index (χ2n) is 10.4. The third kappa shape index (κ3) is 5.53. The van der Waals surface area contributed by atoms with Crippen molar-refractivity contribution in [1.82, 2.24) is 14.7 Å². The minimum atomic E-state index is -0.894. The van der Waals surface area contributed by atoms with Gasteiger partial charge in [-0.3, -0.25) is 19.3 Å². The summed E-state index contributed by atoms with van der Waals surface area (Å²) >= 11 is 6.57. The van der Waals surface area contributed by atoms with Gasteiger partial charge in [0.1, 0.15) is 5.82 Å². The monoisotopic (exact) mass is 542 g/mol. The smallest absolute Gasteiger partial charge is 0.323 e. The Hall–Kier alpha value is -3.46. The van der Waals surface area contributed by atoms with E-state index in [4.69, 9.17) is 11.6 Å². The summed E-state index contributed by atoms with van der Waals surface area (Å²) in [6, 6.07) is 9.26. The summed E-state index contributed by atoms with van der Waals surface area (Å²) in [5.41, 5.74) is 2.18. The Kier molecular flexibility index (Phi) is 8.06. The van der Waals surface area contributed by atoms with Gasteiger partial charge in [0.2, 0.25) is 5.78 Å². The topological polar surface area (TPSA) is 81.2 Å². The molecular weight excluding hydrogens is 511 g/mol. The molecule has 1 saturated heterocycles. The number of anilines is 1. The van der Waals surface area contributed by atoms with E-state index in [1.54, 1.807) is 43.3 Å². The quantitative estimate of drug-likeness (QED) is 0.538. The molecule has 1 unspecified atom stereocenters. The van der Waals surface area contributed by atoms with Gasteiger partial charge in [0.25, 0.3) is 11.8 Å². The van der Waals surface area contributed by atoms with Gasteiger partial charge in [-0.05, 0) is 60.6 Å². The second-order valence-corrected chi connectivity index (χ2v) is 10.8. The Morgan fingerprint density at radius 1 is 0.974 bits per heavy atom. The number of fused-ring (bicyclic) bond motifs is 1. The molecular formula is C28H32ClFN4O4. The summed E-state index contributed by atoms with van der Waals surface area (Å²) in [5.74, 6) is -2.34. The molecule has 2 heterocycles. The minimum Gasteiger partial charge on any atom is -0.342 e. The zero-order valence-electron chi connectivity index (χ0n) is 22.0. The molecule has 0 aromatic heterocycles. The summed E-state index contributed by atoms with van der Waals surface area (Å²) in [7, 11) is 6.19. The fourth-order valence-electron chi connectivity index (χ4n) is 5.12. The van der Waals surface area contributed by atoms with Crippen molar-refractivity contribution in [3.05, 3.63) is 63.9 Å². The maximum absolute atomic E-state index is 13.5. The molecule has 0 spiro atoms. The van der Waals surface area contributed by atoms with Crippen molar-refractivity contribution in [3.63, 3.8) is 0 Å². The number of carbonyl (C=O) groups is 4. The number of halogens is 2. The van der Waals surface area contributed by atoms with Crippen LogP contribution in [-0.4, -0.2) is 86.2 Å². The van der Waals surface area contributed by atoms with Gasteiger partial charge in [-0.15, -0.1) is 0 Å². The van der Waals surface area contributed by atoms with Crippen molar-refractivity contribution < 1.29 is 23.6 Å². The van der Waals surface area contributed by atoms with Crippen LogP contribution in [0.4, 0.5) is 14.9 Å². The first-order chi connectivity index (χ1) is 18.0. The molecule has 1 fully saturated rings. The highest BCUT2D eigenvalue weighted by Crippen LogP contribution is 2.41. The van der Waals surface area contributed by atoms with Crippen molar-refractivity contribution in [2.75, 3.05) is 52.7 Å². The highest BCUT2D eigenvalue weighted by Gasteiger charge is 2.41. The molecule has 10 heteroatoms. The number of nitrogens with zero attached hydrogens (tertiary/aromatic N) is 4. The van der Waals surface area contributed by atoms with Crippen LogP contribution in [0.1, 0.15) is 40.2 Å². The van der Waals surface area contributed by atoms with Crippen LogP contribution < -0.4 is 4.90 Å². The molecule has 0 N–H and O–H groups in total. The van der Waals surface area contributed by atoms with E-state index in [2.05, 4.69) is 0 Å². The number of likely N-dealkylation sites (tertiary alicyclic amines) is 1. The van der Waals surface area contributed by atoms with Gasteiger partial charge in [0.05, 0.1) is 22.2 Å². The number of rotatable bonds is 5. The van der Waals surface area contributed by atoms with Crippen molar-refractivity contribution in [3.8, 4) is 0 Å². The second kappa shape index (κ2) is 11.1. The first-order valence-corrected chi connectivity index (χ1v) is 13.0. The zero-order chi connectivity index (χ0) is 27.7. The molecule has 0 radical (unpaired) electrons. The predicted octanol–water partition coefficient (Wildman–Crippen LogP) is 3.82. The maximum Gasteiger partial charge on any atom is 0.323 e. The highest BCUT2D eigenvalue weighted by molar-refractivity contribution is 6.39. The summed E-state index contributed by atoms with van der Waals surface area (Å²) in [6.07, 6.45) is 2.42. The number of urea groups is 1. The summed E-state index contributed by atoms with van der Waals surface area (Å²) in [6.45, 7) is 1.09. The molecule has 2 aromatic rings. The van der Waals surface area contributed by atoms with Crippen molar-refractivity contribution >= 4 is 40.9 Å².